The molecule has 0 unspecified atom stereocenters. The van der Waals surface area contributed by atoms with Crippen LogP contribution in [0.1, 0.15) is 39.0 Å². The minimum atomic E-state index is 0.910. The first-order chi connectivity index (χ1) is 7.27. The van der Waals surface area contributed by atoms with E-state index in [-0.39, 0.29) is 0 Å². The van der Waals surface area contributed by atoms with E-state index in [2.05, 4.69) is 10.1 Å². The fourth-order valence-corrected chi connectivity index (χ4v) is 1.03. The van der Waals surface area contributed by atoms with E-state index < -0.39 is 0 Å². The molecule has 0 amide bonds. The molecular weight excluding hydrogens is 186 g/mol. The van der Waals surface area contributed by atoms with Gasteiger partial charge in [-0.2, -0.15) is 5.10 Å². The summed E-state index contributed by atoms with van der Waals surface area (Å²) in [5, 5.41) is 4.29. The van der Waals surface area contributed by atoms with Gasteiger partial charge in [-0.3, -0.25) is 0 Å². The van der Waals surface area contributed by atoms with Crippen molar-refractivity contribution in [3.63, 3.8) is 0 Å². The topological polar surface area (TPSA) is 30.2 Å². The molecule has 2 rings (SSSR count). The fraction of sp³-hybridized carbons (Fsp3) is 0.500. The molecule has 0 radical (unpaired) electrons. The van der Waals surface area contributed by atoms with Gasteiger partial charge in [0.15, 0.2) is 5.65 Å². The van der Waals surface area contributed by atoms with Crippen LogP contribution in [0.15, 0.2) is 18.5 Å². The first kappa shape index (κ1) is 13.6. The second-order valence-electron chi connectivity index (χ2n) is 2.64. The molecule has 0 atom stereocenters. The Morgan fingerprint density at radius 1 is 1.07 bits per heavy atom. The van der Waals surface area contributed by atoms with Crippen LogP contribution in [-0.4, -0.2) is 14.6 Å². The van der Waals surface area contributed by atoms with Gasteiger partial charge in [0.2, 0.25) is 0 Å². The van der Waals surface area contributed by atoms with Gasteiger partial charge in [0.1, 0.15) is 0 Å². The van der Waals surface area contributed by atoms with Gasteiger partial charge in [-0.15, -0.1) is 0 Å². The van der Waals surface area contributed by atoms with Gasteiger partial charge in [0.05, 0.1) is 5.69 Å². The van der Waals surface area contributed by atoms with Crippen LogP contribution >= 0.6 is 0 Å². The fourth-order valence-electron chi connectivity index (χ4n) is 1.03. The maximum absolute atomic E-state index is 4.29. The Hall–Kier alpha value is -1.38. The minimum absolute atomic E-state index is 0.910. The third-order valence-electron chi connectivity index (χ3n) is 1.82. The Balaban J connectivity index is 0.000000442. The highest BCUT2D eigenvalue weighted by molar-refractivity contribution is 5.40. The summed E-state index contributed by atoms with van der Waals surface area (Å²) in [5.74, 6) is 0. The Labute approximate surface area is 92.2 Å². The molecule has 0 aliphatic carbocycles. The molecule has 2 aromatic rings. The average Bonchev–Trinajstić information content (AvgIpc) is 2.72. The zero-order valence-corrected chi connectivity index (χ0v) is 10.6. The summed E-state index contributed by atoms with van der Waals surface area (Å²) in [6.07, 6.45) is 3.60. The summed E-state index contributed by atoms with van der Waals surface area (Å²) in [6, 6.07) is 2.03. The molecule has 0 spiro atoms. The van der Waals surface area contributed by atoms with E-state index in [1.54, 1.807) is 10.7 Å². The van der Waals surface area contributed by atoms with Gasteiger partial charge in [-0.1, -0.05) is 27.7 Å². The zero-order valence-electron chi connectivity index (χ0n) is 10.6. The number of fused-ring (bicyclic) bond motifs is 1. The van der Waals surface area contributed by atoms with Crippen LogP contribution in [0.3, 0.4) is 0 Å². The van der Waals surface area contributed by atoms with Crippen molar-refractivity contribution in [2.75, 3.05) is 0 Å². The summed E-state index contributed by atoms with van der Waals surface area (Å²) in [5.41, 5.74) is 3.15. The maximum Gasteiger partial charge on any atom is 0.153 e. The van der Waals surface area contributed by atoms with E-state index in [0.717, 1.165) is 11.3 Å². The monoisotopic (exact) mass is 207 g/mol. The number of imidazole rings is 1. The van der Waals surface area contributed by atoms with Gasteiger partial charge in [-0.05, 0) is 25.5 Å². The quantitative estimate of drug-likeness (QED) is 0.662. The number of rotatable bonds is 0. The third-order valence-corrected chi connectivity index (χ3v) is 1.82. The van der Waals surface area contributed by atoms with Crippen LogP contribution in [-0.2, 0) is 0 Å². The number of nitrogens with zero attached hydrogens (tertiary/aromatic N) is 3. The van der Waals surface area contributed by atoms with Crippen molar-refractivity contribution in [2.24, 2.45) is 0 Å². The van der Waals surface area contributed by atoms with Crippen molar-refractivity contribution >= 4 is 5.65 Å². The molecule has 3 heteroatoms. The van der Waals surface area contributed by atoms with Gasteiger partial charge in [0, 0.05) is 12.4 Å². The van der Waals surface area contributed by atoms with Gasteiger partial charge in [0.25, 0.3) is 0 Å². The first-order valence-electron chi connectivity index (χ1n) is 5.55. The van der Waals surface area contributed by atoms with Crippen LogP contribution in [0.2, 0.25) is 0 Å². The first-order valence-corrected chi connectivity index (χ1v) is 5.55. The number of aryl methyl sites for hydroxylation is 2. The van der Waals surface area contributed by atoms with Gasteiger partial charge in [-0.25, -0.2) is 9.50 Å². The Morgan fingerprint density at radius 3 is 2.27 bits per heavy atom. The van der Waals surface area contributed by atoms with Crippen molar-refractivity contribution in [3.8, 4) is 0 Å². The summed E-state index contributed by atoms with van der Waals surface area (Å²) in [4.78, 5) is 4.12. The largest absolute Gasteiger partial charge is 0.236 e. The van der Waals surface area contributed by atoms with E-state index >= 15 is 0 Å². The normalized spacial score (nSPS) is 8.67. The Bertz CT molecular complexity index is 355. The van der Waals surface area contributed by atoms with Crippen LogP contribution in [0.4, 0.5) is 0 Å². The highest BCUT2D eigenvalue weighted by atomic mass is 15.2. The van der Waals surface area contributed by atoms with E-state index in [1.807, 2.05) is 53.8 Å². The molecule has 0 saturated carbocycles. The second kappa shape index (κ2) is 6.98. The number of hydrogen-bond donors (Lipinski definition) is 0. The van der Waals surface area contributed by atoms with Crippen molar-refractivity contribution in [3.05, 3.63) is 29.7 Å². The molecule has 15 heavy (non-hydrogen) atoms. The lowest BCUT2D eigenvalue weighted by atomic mass is 10.2. The predicted octanol–water partition coefficient (Wildman–Crippen LogP) is 3.40. The third kappa shape index (κ3) is 3.35. The smallest absolute Gasteiger partial charge is 0.153 e. The molecule has 0 aliphatic rings. The van der Waals surface area contributed by atoms with E-state index in [9.17, 15) is 0 Å². The lowest BCUT2D eigenvalue weighted by molar-refractivity contribution is 0.889. The van der Waals surface area contributed by atoms with Gasteiger partial charge >= 0.3 is 0 Å². The average molecular weight is 207 g/mol. The summed E-state index contributed by atoms with van der Waals surface area (Å²) >= 11 is 0. The maximum atomic E-state index is 4.29. The van der Waals surface area contributed by atoms with Crippen molar-refractivity contribution < 1.29 is 0 Å². The molecule has 0 bridgehead atoms. The van der Waals surface area contributed by atoms with E-state index in [0.29, 0.717) is 0 Å². The molecule has 2 heterocycles. The summed E-state index contributed by atoms with van der Waals surface area (Å²) in [6.45, 7) is 12.0. The zero-order chi connectivity index (χ0) is 11.8. The van der Waals surface area contributed by atoms with Crippen molar-refractivity contribution in [2.45, 2.75) is 41.5 Å². The Kier molecular flexibility index (Phi) is 6.34. The Morgan fingerprint density at radius 2 is 1.67 bits per heavy atom. The van der Waals surface area contributed by atoms with Crippen molar-refractivity contribution in [1.29, 1.82) is 0 Å². The highest BCUT2D eigenvalue weighted by Crippen LogP contribution is 2.05. The molecule has 0 aromatic carbocycles. The SMILES string of the molecule is CC.CC.Cc1cc2nccn2nc1C. The van der Waals surface area contributed by atoms with Crippen LogP contribution < -0.4 is 0 Å². The molecule has 0 saturated heterocycles. The predicted molar refractivity (Wildman–Crippen MR) is 65.2 cm³/mol. The molecule has 0 aliphatic heterocycles. The number of aromatic nitrogens is 3. The second-order valence-corrected chi connectivity index (χ2v) is 2.64. The molecule has 3 nitrogen and oxygen atoms in total. The lowest BCUT2D eigenvalue weighted by Crippen LogP contribution is -1.95. The van der Waals surface area contributed by atoms with Crippen molar-refractivity contribution in [1.82, 2.24) is 14.6 Å². The standard InChI is InChI=1S/C8H9N3.2C2H6/c1-6-5-8-9-3-4-11(8)10-7(6)2;2*1-2/h3-5H,1-2H3;2*1-2H3. The van der Waals surface area contributed by atoms with E-state index in [1.165, 1.54) is 5.56 Å². The van der Waals surface area contributed by atoms with Crippen LogP contribution in [0, 0.1) is 13.8 Å². The highest BCUT2D eigenvalue weighted by Gasteiger charge is 1.97. The van der Waals surface area contributed by atoms with E-state index in [4.69, 9.17) is 0 Å². The molecule has 0 N–H and O–H groups in total. The van der Waals surface area contributed by atoms with Crippen LogP contribution in [0.5, 0.6) is 0 Å². The minimum Gasteiger partial charge on any atom is -0.236 e. The molecule has 84 valence electrons. The summed E-state index contributed by atoms with van der Waals surface area (Å²) < 4.78 is 1.78. The van der Waals surface area contributed by atoms with Gasteiger partial charge < -0.3 is 0 Å². The molecular formula is C12H21N3. The summed E-state index contributed by atoms with van der Waals surface area (Å²) in [7, 11) is 0. The number of hydrogen-bond acceptors (Lipinski definition) is 2. The molecule has 2 aromatic heterocycles. The molecule has 0 fully saturated rings. The van der Waals surface area contributed by atoms with Crippen LogP contribution in [0.25, 0.3) is 5.65 Å². The lowest BCUT2D eigenvalue weighted by Gasteiger charge is -1.98.